The van der Waals surface area contributed by atoms with Gasteiger partial charge in [0.25, 0.3) is 0 Å². The van der Waals surface area contributed by atoms with Crippen molar-refractivity contribution < 1.29 is 32.2 Å². The zero-order valence-corrected chi connectivity index (χ0v) is 47.7. The van der Waals surface area contributed by atoms with Gasteiger partial charge in [-0.2, -0.15) is 13.2 Å². The lowest BCUT2D eigenvalue weighted by Gasteiger charge is -2.37. The van der Waals surface area contributed by atoms with Gasteiger partial charge in [0.15, 0.2) is 10.3 Å². The van der Waals surface area contributed by atoms with E-state index in [0.717, 1.165) is 112 Å². The van der Waals surface area contributed by atoms with Gasteiger partial charge in [0.2, 0.25) is 23.7 Å². The molecule has 2 aromatic carbocycles. The molecule has 2 unspecified atom stereocenters. The number of benzene rings is 2. The highest BCUT2D eigenvalue weighted by Gasteiger charge is 2.51. The van der Waals surface area contributed by atoms with E-state index in [4.69, 9.17) is 35.1 Å². The summed E-state index contributed by atoms with van der Waals surface area (Å²) in [7, 11) is 0. The summed E-state index contributed by atoms with van der Waals surface area (Å²) in [6, 6.07) is 18.5. The SMILES string of the molecule is C=CC(=O)Nc1ccc2sc(N3CCN(c4cc(-c5cnc(NC6CC6/C(=C\C(=O)Nc6ccc7sc(N8CCN(c9cc(-c%10cnc(N)nc%10)nc(N%10CCOCC%10)c9)CC8)nc7c6)C(F)(F)F)nc5)nc(N5CCOCC5)c4)CC3)nc2c1. The van der Waals surface area contributed by atoms with Crippen molar-refractivity contribution in [2.24, 2.45) is 5.92 Å². The monoisotopic (exact) mass is 1190 g/mol. The average Bonchev–Trinajstić information content (AvgIpc) is 3.59. The highest BCUT2D eigenvalue weighted by molar-refractivity contribution is 7.22. The smallest absolute Gasteiger partial charge is 0.378 e. The number of ether oxygens (including phenoxy) is 2. The molecule has 22 nitrogen and oxygen atoms in total. The first-order valence-electron chi connectivity index (χ1n) is 28.0. The number of hydrogen-bond donors (Lipinski definition) is 4. The minimum atomic E-state index is -4.76. The molecular formula is C58H59F3N18O4S2. The summed E-state index contributed by atoms with van der Waals surface area (Å²) in [4.78, 5) is 76.0. The number of nitrogens with two attached hydrogens (primary N) is 1. The van der Waals surface area contributed by atoms with Gasteiger partial charge in [-0.1, -0.05) is 29.3 Å². The number of morpholine rings is 2. The van der Waals surface area contributed by atoms with Crippen molar-refractivity contribution in [3.63, 3.8) is 0 Å². The number of carbonyl (C=O) groups is 2. The van der Waals surface area contributed by atoms with Crippen LogP contribution in [-0.2, 0) is 19.1 Å². The fraction of sp³-hybridized carbons (Fsp3) is 0.345. The zero-order chi connectivity index (χ0) is 58.2. The van der Waals surface area contributed by atoms with Crippen LogP contribution in [0.25, 0.3) is 42.9 Å². The first-order valence-corrected chi connectivity index (χ1v) is 29.7. The van der Waals surface area contributed by atoms with E-state index in [9.17, 15) is 22.8 Å². The highest BCUT2D eigenvalue weighted by atomic mass is 32.1. The number of pyridine rings is 2. The van der Waals surface area contributed by atoms with Crippen molar-refractivity contribution in [3.05, 3.63) is 110 Å². The number of halogens is 3. The summed E-state index contributed by atoms with van der Waals surface area (Å²) in [5, 5.41) is 10.2. The minimum Gasteiger partial charge on any atom is -0.378 e. The van der Waals surface area contributed by atoms with E-state index < -0.39 is 29.6 Å². The molecule has 6 aromatic heterocycles. The summed E-state index contributed by atoms with van der Waals surface area (Å²) >= 11 is 3.13. The van der Waals surface area contributed by atoms with Gasteiger partial charge in [0.05, 0.1) is 58.2 Å². The highest BCUT2D eigenvalue weighted by Crippen LogP contribution is 2.46. The van der Waals surface area contributed by atoms with E-state index in [1.54, 1.807) is 48.3 Å². The maximum atomic E-state index is 14.7. The number of anilines is 10. The van der Waals surface area contributed by atoms with Crippen molar-refractivity contribution in [3.8, 4) is 22.5 Å². The van der Waals surface area contributed by atoms with Gasteiger partial charge in [-0.05, 0) is 61.0 Å². The van der Waals surface area contributed by atoms with Crippen molar-refractivity contribution in [2.45, 2.75) is 18.6 Å². The van der Waals surface area contributed by atoms with E-state index >= 15 is 0 Å². The number of aromatic nitrogens is 8. The lowest BCUT2D eigenvalue weighted by atomic mass is 10.1. The number of thiazole rings is 2. The maximum absolute atomic E-state index is 14.7. The lowest BCUT2D eigenvalue weighted by Crippen LogP contribution is -2.46. The molecule has 2 atom stereocenters. The quantitative estimate of drug-likeness (QED) is 0.0724. The van der Waals surface area contributed by atoms with Crippen LogP contribution >= 0.6 is 22.7 Å². The van der Waals surface area contributed by atoms with Gasteiger partial charge in [-0.15, -0.1) is 0 Å². The first-order chi connectivity index (χ1) is 41.3. The third-order valence-electron chi connectivity index (χ3n) is 15.6. The van der Waals surface area contributed by atoms with Crippen LogP contribution in [0.4, 0.5) is 69.7 Å². The van der Waals surface area contributed by atoms with Crippen molar-refractivity contribution in [1.82, 2.24) is 39.9 Å². The van der Waals surface area contributed by atoms with Gasteiger partial charge in [-0.3, -0.25) is 9.59 Å². The molecule has 5 aliphatic rings. The second-order valence-electron chi connectivity index (χ2n) is 21.1. The van der Waals surface area contributed by atoms with E-state index in [-0.39, 0.29) is 24.2 Å². The largest absolute Gasteiger partial charge is 0.413 e. The van der Waals surface area contributed by atoms with Crippen LogP contribution in [0.2, 0.25) is 0 Å². The Kier molecular flexibility index (Phi) is 15.4. The molecule has 438 valence electrons. The first kappa shape index (κ1) is 55.4. The molecule has 85 heavy (non-hydrogen) atoms. The summed E-state index contributed by atoms with van der Waals surface area (Å²) in [6.07, 6.45) is 3.88. The molecule has 0 bridgehead atoms. The maximum Gasteiger partial charge on any atom is 0.413 e. The summed E-state index contributed by atoms with van der Waals surface area (Å²) in [6.45, 7) is 14.5. The second kappa shape index (κ2) is 23.7. The normalized spacial score (nSPS) is 18.7. The number of alkyl halides is 3. The van der Waals surface area contributed by atoms with Gasteiger partial charge in [-0.25, -0.2) is 39.9 Å². The molecular weight excluding hydrogens is 1130 g/mol. The number of amides is 2. The van der Waals surface area contributed by atoms with Gasteiger partial charge < -0.3 is 60.6 Å². The van der Waals surface area contributed by atoms with Crippen LogP contribution in [0.5, 0.6) is 0 Å². The Labute approximate surface area is 494 Å². The summed E-state index contributed by atoms with van der Waals surface area (Å²) < 4.78 is 57.3. The van der Waals surface area contributed by atoms with Crippen LogP contribution in [0.1, 0.15) is 6.42 Å². The zero-order valence-electron chi connectivity index (χ0n) is 46.0. The van der Waals surface area contributed by atoms with Crippen LogP contribution in [-0.4, -0.2) is 169 Å². The third-order valence-corrected chi connectivity index (χ3v) is 17.8. The fourth-order valence-corrected chi connectivity index (χ4v) is 12.9. The Morgan fingerprint density at radius 3 is 1.52 bits per heavy atom. The van der Waals surface area contributed by atoms with E-state index in [2.05, 4.69) is 90.1 Å². The van der Waals surface area contributed by atoms with Crippen molar-refractivity contribution in [1.29, 1.82) is 0 Å². The number of carbonyl (C=O) groups excluding carboxylic acids is 2. The number of hydrogen-bond acceptors (Lipinski definition) is 22. The van der Waals surface area contributed by atoms with Crippen molar-refractivity contribution >= 4 is 111 Å². The van der Waals surface area contributed by atoms with E-state index in [1.807, 2.05) is 30.3 Å². The predicted molar refractivity (Wildman–Crippen MR) is 326 cm³/mol. The fourth-order valence-electron chi connectivity index (χ4n) is 10.9. The number of fused-ring (bicyclic) bond motifs is 2. The van der Waals surface area contributed by atoms with E-state index in [1.165, 1.54) is 17.4 Å². The van der Waals surface area contributed by atoms with Gasteiger partial charge >= 0.3 is 6.18 Å². The van der Waals surface area contributed by atoms with Crippen LogP contribution in [0.15, 0.2) is 110 Å². The molecule has 5 fully saturated rings. The Hall–Kier alpha value is -8.79. The Balaban J connectivity index is 0.636. The molecule has 27 heteroatoms. The molecule has 5 N–H and O–H groups in total. The molecule has 13 rings (SSSR count). The topological polar surface area (TPSA) is 237 Å². The molecule has 0 spiro atoms. The standard InChI is InChI=1S/C58H59F3N18O4S2/c1-2-52(80)67-37-3-5-48-46(23-37)72-56(84-48)78-13-9-75(10-14-78)40-26-44(70-51(28-40)77-17-21-83-22-18-77)36-33-65-55(66-34-36)71-45-29-41(45)42(58(59,60)61)30-53(81)68-38-4-6-49-47(24-38)73-57(85-49)79-11-7-74(8-12-79)39-25-43(35-31-63-54(62)64-32-35)69-50(27-39)76-15-19-82-20-16-76/h2-6,23-28,30-34,41,45H,1,7-22,29H2,(H,67,80)(H,68,81)(H2,62,63,64)(H,65,66,71)/b42-30+. The van der Waals surface area contributed by atoms with Crippen LogP contribution < -0.4 is 51.1 Å². The molecule has 2 amide bonds. The second-order valence-corrected chi connectivity index (χ2v) is 23.2. The molecule has 8 aromatic rings. The Morgan fingerprint density at radius 2 is 1.05 bits per heavy atom. The average molecular weight is 1190 g/mol. The van der Waals surface area contributed by atoms with Crippen molar-refractivity contribution in [2.75, 3.05) is 156 Å². The Morgan fingerprint density at radius 1 is 0.588 bits per heavy atom. The number of rotatable bonds is 15. The molecule has 10 heterocycles. The molecule has 0 radical (unpaired) electrons. The van der Waals surface area contributed by atoms with Gasteiger partial charge in [0, 0.05) is 173 Å². The predicted octanol–water partition coefficient (Wildman–Crippen LogP) is 7.57. The van der Waals surface area contributed by atoms with E-state index in [0.29, 0.717) is 86.8 Å². The van der Waals surface area contributed by atoms with Crippen LogP contribution in [0.3, 0.4) is 0 Å². The number of nitrogens with zero attached hydrogens (tertiary/aromatic N) is 14. The number of piperazine rings is 2. The summed E-state index contributed by atoms with van der Waals surface area (Å²) in [5.74, 6) is -0.149. The molecule has 4 saturated heterocycles. The lowest BCUT2D eigenvalue weighted by molar-refractivity contribution is -0.114. The molecule has 1 aliphatic carbocycles. The molecule has 4 aliphatic heterocycles. The number of nitrogens with one attached hydrogen (secondary N) is 3. The minimum absolute atomic E-state index is 0.138. The van der Waals surface area contributed by atoms with Crippen LogP contribution in [0, 0.1) is 5.92 Å². The number of nitrogen functional groups attached to an aromatic ring is 1. The Bertz CT molecular complexity index is 3800. The summed E-state index contributed by atoms with van der Waals surface area (Å²) in [5.41, 5.74) is 12.1. The third kappa shape index (κ3) is 12.6. The van der Waals surface area contributed by atoms with Gasteiger partial charge in [0.1, 0.15) is 11.6 Å². The molecule has 1 saturated carbocycles.